The molecule has 3 fully saturated rings. The van der Waals surface area contributed by atoms with Crippen molar-refractivity contribution >= 4 is 0 Å². The maximum atomic E-state index is 6.44. The molecule has 0 radical (unpaired) electrons. The second-order valence-electron chi connectivity index (χ2n) is 9.02. The first-order valence-corrected chi connectivity index (χ1v) is 9.33. The highest BCUT2D eigenvalue weighted by Gasteiger charge is 2.77. The molecule has 2 saturated carbocycles. The molecule has 0 aromatic rings. The molecule has 6 unspecified atom stereocenters. The Kier molecular flexibility index (Phi) is 2.75. The van der Waals surface area contributed by atoms with E-state index >= 15 is 0 Å². The first-order valence-electron chi connectivity index (χ1n) is 9.33. The number of rotatable bonds is 3. The molecule has 1 heterocycles. The molecule has 1 spiro atoms. The molecule has 118 valence electrons. The third-order valence-corrected chi connectivity index (χ3v) is 8.40. The fourth-order valence-electron chi connectivity index (χ4n) is 6.79. The summed E-state index contributed by atoms with van der Waals surface area (Å²) in [6.07, 6.45) is 10.9. The van der Waals surface area contributed by atoms with E-state index in [1.54, 1.807) is 0 Å². The molecule has 21 heavy (non-hydrogen) atoms. The Morgan fingerprint density at radius 1 is 1.24 bits per heavy atom. The molecule has 1 saturated heterocycles. The summed E-state index contributed by atoms with van der Waals surface area (Å²) in [4.78, 5) is 0. The standard InChI is InChI=1S/C20H32O/c1-6-15-8-7-9-19-12-16-17(19)20(21-16,14(4)13(2)3)11-10-18(15,19)5/h12-15,17H,6-11H2,1-5H3. The van der Waals surface area contributed by atoms with Gasteiger partial charge in [0.2, 0.25) is 0 Å². The SMILES string of the molecule is CCC1CCCC23C=C4OC(C(C)C(C)C)(CCC12C)C43. The van der Waals surface area contributed by atoms with Gasteiger partial charge in [0.15, 0.2) is 0 Å². The second-order valence-corrected chi connectivity index (χ2v) is 9.02. The summed E-state index contributed by atoms with van der Waals surface area (Å²) in [5.74, 6) is 4.46. The van der Waals surface area contributed by atoms with Crippen LogP contribution in [0.15, 0.2) is 11.8 Å². The van der Waals surface area contributed by atoms with Crippen LogP contribution in [0.25, 0.3) is 0 Å². The van der Waals surface area contributed by atoms with Crippen LogP contribution < -0.4 is 0 Å². The molecule has 1 heteroatoms. The Labute approximate surface area is 130 Å². The van der Waals surface area contributed by atoms with Crippen molar-refractivity contribution in [1.82, 2.24) is 0 Å². The van der Waals surface area contributed by atoms with Gasteiger partial charge in [-0.2, -0.15) is 0 Å². The highest BCUT2D eigenvalue weighted by molar-refractivity contribution is 5.42. The van der Waals surface area contributed by atoms with Gasteiger partial charge in [-0.1, -0.05) is 47.5 Å². The fraction of sp³-hybridized carbons (Fsp3) is 0.900. The molecule has 0 N–H and O–H groups in total. The van der Waals surface area contributed by atoms with Crippen LogP contribution in [0.3, 0.4) is 0 Å². The van der Waals surface area contributed by atoms with Crippen molar-refractivity contribution in [2.24, 2.45) is 34.5 Å². The quantitative estimate of drug-likeness (QED) is 0.661. The van der Waals surface area contributed by atoms with E-state index in [-0.39, 0.29) is 5.60 Å². The summed E-state index contributed by atoms with van der Waals surface area (Å²) in [5, 5.41) is 0. The van der Waals surface area contributed by atoms with Crippen LogP contribution in [0.4, 0.5) is 0 Å². The first kappa shape index (κ1) is 14.2. The lowest BCUT2D eigenvalue weighted by Gasteiger charge is -2.76. The summed E-state index contributed by atoms with van der Waals surface area (Å²) >= 11 is 0. The molecule has 0 aromatic heterocycles. The van der Waals surface area contributed by atoms with Crippen LogP contribution in [0, 0.1) is 34.5 Å². The highest BCUT2D eigenvalue weighted by Crippen LogP contribution is 2.79. The summed E-state index contributed by atoms with van der Waals surface area (Å²) < 4.78 is 6.44. The van der Waals surface area contributed by atoms with Crippen LogP contribution in [0.1, 0.15) is 73.1 Å². The van der Waals surface area contributed by atoms with Gasteiger partial charge in [0.05, 0.1) is 5.92 Å². The lowest BCUT2D eigenvalue weighted by Crippen LogP contribution is -2.75. The lowest BCUT2D eigenvalue weighted by atomic mass is 9.34. The van der Waals surface area contributed by atoms with Crippen molar-refractivity contribution in [1.29, 1.82) is 0 Å². The van der Waals surface area contributed by atoms with Crippen molar-refractivity contribution in [3.8, 4) is 0 Å². The van der Waals surface area contributed by atoms with E-state index in [0.29, 0.717) is 16.7 Å². The number of hydrogen-bond acceptors (Lipinski definition) is 1. The van der Waals surface area contributed by atoms with Crippen molar-refractivity contribution in [3.63, 3.8) is 0 Å². The van der Waals surface area contributed by atoms with Crippen LogP contribution >= 0.6 is 0 Å². The lowest BCUT2D eigenvalue weighted by molar-refractivity contribution is -0.308. The van der Waals surface area contributed by atoms with Crippen LogP contribution in [-0.2, 0) is 4.74 Å². The highest BCUT2D eigenvalue weighted by atomic mass is 16.5. The van der Waals surface area contributed by atoms with Gasteiger partial charge in [-0.3, -0.25) is 0 Å². The molecule has 6 atom stereocenters. The minimum absolute atomic E-state index is 0.188. The van der Waals surface area contributed by atoms with Crippen LogP contribution in [-0.4, -0.2) is 5.60 Å². The summed E-state index contributed by atoms with van der Waals surface area (Å²) in [6.45, 7) is 12.2. The number of allylic oxidation sites excluding steroid dienone is 1. The molecule has 0 bridgehead atoms. The van der Waals surface area contributed by atoms with Crippen LogP contribution in [0.5, 0.6) is 0 Å². The molecule has 4 rings (SSSR count). The van der Waals surface area contributed by atoms with E-state index in [2.05, 4.69) is 40.7 Å². The van der Waals surface area contributed by atoms with Gasteiger partial charge in [-0.05, 0) is 54.9 Å². The number of ether oxygens (including phenoxy) is 1. The molecule has 0 amide bonds. The summed E-state index contributed by atoms with van der Waals surface area (Å²) in [5.41, 5.74) is 1.21. The normalized spacial score (nSPS) is 51.8. The van der Waals surface area contributed by atoms with Crippen molar-refractivity contribution in [2.75, 3.05) is 0 Å². The number of hydrogen-bond donors (Lipinski definition) is 0. The largest absolute Gasteiger partial charge is 0.490 e. The Morgan fingerprint density at radius 2 is 2.00 bits per heavy atom. The third-order valence-electron chi connectivity index (χ3n) is 8.40. The Bertz CT molecular complexity index is 492. The van der Waals surface area contributed by atoms with E-state index in [0.717, 1.165) is 17.8 Å². The zero-order chi connectivity index (χ0) is 15.0. The molecule has 1 nitrogen and oxygen atoms in total. The average molecular weight is 288 g/mol. The zero-order valence-electron chi connectivity index (χ0n) is 14.5. The first-order chi connectivity index (χ1) is 9.91. The average Bonchev–Trinajstić information content (AvgIpc) is 2.41. The Morgan fingerprint density at radius 3 is 2.62 bits per heavy atom. The van der Waals surface area contributed by atoms with Gasteiger partial charge < -0.3 is 4.74 Å². The van der Waals surface area contributed by atoms with Gasteiger partial charge in [0, 0.05) is 5.41 Å². The van der Waals surface area contributed by atoms with E-state index in [4.69, 9.17) is 4.74 Å². The molecule has 3 aliphatic carbocycles. The monoisotopic (exact) mass is 288 g/mol. The molecular weight excluding hydrogens is 256 g/mol. The predicted molar refractivity (Wildman–Crippen MR) is 86.8 cm³/mol. The van der Waals surface area contributed by atoms with Gasteiger partial charge in [-0.25, -0.2) is 0 Å². The van der Waals surface area contributed by atoms with Crippen molar-refractivity contribution in [3.05, 3.63) is 11.8 Å². The maximum absolute atomic E-state index is 6.44. The maximum Gasteiger partial charge on any atom is 0.122 e. The van der Waals surface area contributed by atoms with E-state index in [1.807, 2.05) is 0 Å². The second kappa shape index (κ2) is 4.09. The Hall–Kier alpha value is -0.460. The minimum atomic E-state index is 0.188. The van der Waals surface area contributed by atoms with Crippen molar-refractivity contribution < 1.29 is 4.74 Å². The van der Waals surface area contributed by atoms with E-state index in [9.17, 15) is 0 Å². The van der Waals surface area contributed by atoms with Crippen LogP contribution in [0.2, 0.25) is 0 Å². The smallest absolute Gasteiger partial charge is 0.122 e. The van der Waals surface area contributed by atoms with E-state index < -0.39 is 0 Å². The topological polar surface area (TPSA) is 9.23 Å². The van der Waals surface area contributed by atoms with E-state index in [1.165, 1.54) is 44.3 Å². The molecule has 0 aromatic carbocycles. The van der Waals surface area contributed by atoms with Gasteiger partial charge in [0.1, 0.15) is 11.4 Å². The molecular formula is C20H32O. The molecule has 1 aliphatic heterocycles. The summed E-state index contributed by atoms with van der Waals surface area (Å²) in [6, 6.07) is 0. The molecule has 4 aliphatic rings. The van der Waals surface area contributed by atoms with Gasteiger partial charge in [-0.15, -0.1) is 0 Å². The zero-order valence-corrected chi connectivity index (χ0v) is 14.5. The minimum Gasteiger partial charge on any atom is -0.490 e. The van der Waals surface area contributed by atoms with Crippen molar-refractivity contribution in [2.45, 2.75) is 78.7 Å². The fourth-order valence-corrected chi connectivity index (χ4v) is 6.79. The van der Waals surface area contributed by atoms with Gasteiger partial charge >= 0.3 is 0 Å². The summed E-state index contributed by atoms with van der Waals surface area (Å²) in [7, 11) is 0. The van der Waals surface area contributed by atoms with Gasteiger partial charge in [0.25, 0.3) is 0 Å². The predicted octanol–water partition coefficient (Wildman–Crippen LogP) is 5.56. The Balaban J connectivity index is 1.75. The third kappa shape index (κ3) is 1.36.